The van der Waals surface area contributed by atoms with Crippen LogP contribution in [-0.4, -0.2) is 18.9 Å². The van der Waals surface area contributed by atoms with Crippen molar-refractivity contribution in [3.63, 3.8) is 0 Å². The Morgan fingerprint density at radius 1 is 1.32 bits per heavy atom. The molecule has 2 aliphatic heterocycles. The topological polar surface area (TPSA) is 50.8 Å². The highest BCUT2D eigenvalue weighted by molar-refractivity contribution is 9.10. The summed E-state index contributed by atoms with van der Waals surface area (Å²) in [7, 11) is 1.62. The lowest BCUT2D eigenvalue weighted by atomic mass is 9.90. The molecule has 2 aromatic rings. The SMILES string of the molecule is COc1cc(Br)cc2c1O[C@@]1(C)C[C@@H]2NC(=O)N1c1ccc(C)cc1. The second-order valence-corrected chi connectivity index (χ2v) is 7.60. The number of benzene rings is 2. The molecule has 2 aliphatic rings. The third kappa shape index (κ3) is 2.56. The average molecular weight is 403 g/mol. The zero-order chi connectivity index (χ0) is 17.8. The predicted octanol–water partition coefficient (Wildman–Crippen LogP) is 4.54. The highest BCUT2D eigenvalue weighted by Gasteiger charge is 2.50. The van der Waals surface area contributed by atoms with Crippen LogP contribution in [0.3, 0.4) is 0 Å². The van der Waals surface area contributed by atoms with Gasteiger partial charge in [-0.05, 0) is 38.1 Å². The molecule has 25 heavy (non-hydrogen) atoms. The van der Waals surface area contributed by atoms with Crippen LogP contribution in [0.25, 0.3) is 0 Å². The zero-order valence-electron chi connectivity index (χ0n) is 14.3. The molecule has 0 unspecified atom stereocenters. The number of carbonyl (C=O) groups is 1. The molecule has 2 amide bonds. The number of urea groups is 1. The first-order chi connectivity index (χ1) is 11.9. The van der Waals surface area contributed by atoms with Crippen molar-refractivity contribution in [2.75, 3.05) is 12.0 Å². The van der Waals surface area contributed by atoms with Gasteiger partial charge in [0.25, 0.3) is 0 Å². The van der Waals surface area contributed by atoms with Gasteiger partial charge in [0.15, 0.2) is 17.2 Å². The van der Waals surface area contributed by atoms with Crippen LogP contribution in [-0.2, 0) is 0 Å². The highest BCUT2D eigenvalue weighted by Crippen LogP contribution is 2.50. The number of nitrogens with one attached hydrogen (secondary N) is 1. The molecule has 2 atom stereocenters. The van der Waals surface area contributed by atoms with Crippen LogP contribution >= 0.6 is 15.9 Å². The molecule has 1 saturated heterocycles. The van der Waals surface area contributed by atoms with Crippen molar-refractivity contribution in [3.05, 3.63) is 52.0 Å². The largest absolute Gasteiger partial charge is 0.493 e. The lowest BCUT2D eigenvalue weighted by Gasteiger charge is -2.50. The summed E-state index contributed by atoms with van der Waals surface area (Å²) >= 11 is 3.50. The quantitative estimate of drug-likeness (QED) is 0.802. The Bertz CT molecular complexity index is 852. The van der Waals surface area contributed by atoms with Crippen molar-refractivity contribution in [1.82, 2.24) is 5.32 Å². The van der Waals surface area contributed by atoms with Crippen molar-refractivity contribution < 1.29 is 14.3 Å². The number of carbonyl (C=O) groups excluding carboxylic acids is 1. The Hall–Kier alpha value is -2.21. The van der Waals surface area contributed by atoms with E-state index in [9.17, 15) is 4.79 Å². The first kappa shape index (κ1) is 16.3. The average Bonchev–Trinajstić information content (AvgIpc) is 2.56. The van der Waals surface area contributed by atoms with Crippen molar-refractivity contribution in [2.45, 2.75) is 32.0 Å². The molecular weight excluding hydrogens is 384 g/mol. The minimum atomic E-state index is -0.781. The Balaban J connectivity index is 1.82. The maximum Gasteiger partial charge on any atom is 0.325 e. The maximum atomic E-state index is 12.8. The number of ether oxygens (including phenoxy) is 2. The molecule has 2 heterocycles. The van der Waals surface area contributed by atoms with Gasteiger partial charge in [-0.1, -0.05) is 33.6 Å². The van der Waals surface area contributed by atoms with E-state index in [1.165, 1.54) is 0 Å². The second kappa shape index (κ2) is 5.66. The molecule has 5 nitrogen and oxygen atoms in total. The monoisotopic (exact) mass is 402 g/mol. The van der Waals surface area contributed by atoms with E-state index in [4.69, 9.17) is 9.47 Å². The molecule has 130 valence electrons. The molecule has 0 spiro atoms. The fraction of sp³-hybridized carbons (Fsp3) is 0.316. The van der Waals surface area contributed by atoms with Gasteiger partial charge in [-0.25, -0.2) is 4.79 Å². The lowest BCUT2D eigenvalue weighted by Crippen LogP contribution is -2.65. The number of aryl methyl sites for hydroxylation is 1. The molecule has 0 aliphatic carbocycles. The fourth-order valence-electron chi connectivity index (χ4n) is 3.64. The summed E-state index contributed by atoms with van der Waals surface area (Å²) in [5, 5.41) is 3.10. The Morgan fingerprint density at radius 3 is 2.72 bits per heavy atom. The van der Waals surface area contributed by atoms with Gasteiger partial charge in [0.2, 0.25) is 0 Å². The summed E-state index contributed by atoms with van der Waals surface area (Å²) in [4.78, 5) is 14.5. The van der Waals surface area contributed by atoms with Crippen LogP contribution in [0.15, 0.2) is 40.9 Å². The molecule has 6 heteroatoms. The number of hydrogen-bond donors (Lipinski definition) is 1. The van der Waals surface area contributed by atoms with Gasteiger partial charge < -0.3 is 14.8 Å². The normalized spacial score (nSPS) is 24.2. The van der Waals surface area contributed by atoms with Crippen LogP contribution in [0, 0.1) is 6.92 Å². The van der Waals surface area contributed by atoms with Crippen LogP contribution in [0.5, 0.6) is 11.5 Å². The van der Waals surface area contributed by atoms with E-state index in [-0.39, 0.29) is 12.1 Å². The zero-order valence-corrected chi connectivity index (χ0v) is 15.9. The summed E-state index contributed by atoms with van der Waals surface area (Å²) in [6, 6.07) is 11.4. The number of nitrogens with zero attached hydrogens (tertiary/aromatic N) is 1. The molecule has 0 saturated carbocycles. The van der Waals surface area contributed by atoms with Gasteiger partial charge in [0.1, 0.15) is 0 Å². The first-order valence-corrected chi connectivity index (χ1v) is 8.94. The van der Waals surface area contributed by atoms with Gasteiger partial charge in [-0.15, -0.1) is 0 Å². The first-order valence-electron chi connectivity index (χ1n) is 8.15. The Kier molecular flexibility index (Phi) is 3.68. The summed E-state index contributed by atoms with van der Waals surface area (Å²) in [5.74, 6) is 1.34. The third-order valence-corrected chi connectivity index (χ3v) is 5.27. The summed E-state index contributed by atoms with van der Waals surface area (Å²) in [6.45, 7) is 3.97. The highest BCUT2D eigenvalue weighted by atomic mass is 79.9. The number of methoxy groups -OCH3 is 1. The standard InChI is InChI=1S/C19H19BrN2O3/c1-11-4-6-13(7-5-11)22-18(23)21-15-10-19(22,2)25-17-14(15)8-12(20)9-16(17)24-3/h4-9,15H,10H2,1-3H3,(H,21,23)/t15-,19-/m0/s1. The van der Waals surface area contributed by atoms with Crippen molar-refractivity contribution in [2.24, 2.45) is 0 Å². The minimum absolute atomic E-state index is 0.116. The van der Waals surface area contributed by atoms with E-state index in [0.717, 1.165) is 21.3 Å². The van der Waals surface area contributed by atoms with Crippen molar-refractivity contribution >= 4 is 27.6 Å². The van der Waals surface area contributed by atoms with Crippen molar-refractivity contribution in [1.29, 1.82) is 0 Å². The number of anilines is 1. The number of hydrogen-bond acceptors (Lipinski definition) is 3. The predicted molar refractivity (Wildman–Crippen MR) is 99.3 cm³/mol. The van der Waals surface area contributed by atoms with Crippen LogP contribution in [0.1, 0.15) is 30.5 Å². The molecule has 2 bridgehead atoms. The van der Waals surface area contributed by atoms with Crippen LogP contribution < -0.4 is 19.7 Å². The van der Waals surface area contributed by atoms with Crippen LogP contribution in [0.2, 0.25) is 0 Å². The summed E-state index contributed by atoms with van der Waals surface area (Å²) in [6.07, 6.45) is 0.652. The van der Waals surface area contributed by atoms with E-state index in [1.54, 1.807) is 12.0 Å². The van der Waals surface area contributed by atoms with Gasteiger partial charge in [0.05, 0.1) is 13.2 Å². The molecule has 2 aromatic carbocycles. The van der Waals surface area contributed by atoms with E-state index in [2.05, 4.69) is 21.2 Å². The van der Waals surface area contributed by atoms with Gasteiger partial charge in [0, 0.05) is 22.1 Å². The molecule has 0 radical (unpaired) electrons. The van der Waals surface area contributed by atoms with E-state index in [0.29, 0.717) is 17.9 Å². The number of fused-ring (bicyclic) bond motifs is 4. The molecule has 1 N–H and O–H groups in total. The number of amides is 2. The Morgan fingerprint density at radius 2 is 2.04 bits per heavy atom. The van der Waals surface area contributed by atoms with Crippen LogP contribution in [0.4, 0.5) is 10.5 Å². The van der Waals surface area contributed by atoms with Crippen molar-refractivity contribution in [3.8, 4) is 11.5 Å². The van der Waals surface area contributed by atoms with Gasteiger partial charge in [-0.2, -0.15) is 0 Å². The molecule has 4 rings (SSSR count). The number of halogens is 1. The number of rotatable bonds is 2. The summed E-state index contributed by atoms with van der Waals surface area (Å²) < 4.78 is 12.7. The maximum absolute atomic E-state index is 12.8. The smallest absolute Gasteiger partial charge is 0.325 e. The minimum Gasteiger partial charge on any atom is -0.493 e. The van der Waals surface area contributed by atoms with Gasteiger partial charge in [-0.3, -0.25) is 4.90 Å². The summed E-state index contributed by atoms with van der Waals surface area (Å²) in [5.41, 5.74) is 2.10. The third-order valence-electron chi connectivity index (χ3n) is 4.81. The van der Waals surface area contributed by atoms with E-state index < -0.39 is 5.72 Å². The van der Waals surface area contributed by atoms with E-state index in [1.807, 2.05) is 50.2 Å². The fourth-order valence-corrected chi connectivity index (χ4v) is 4.09. The lowest BCUT2D eigenvalue weighted by molar-refractivity contribution is 0.0349. The molecule has 1 fully saturated rings. The molecular formula is C19H19BrN2O3. The Labute approximate surface area is 155 Å². The van der Waals surface area contributed by atoms with E-state index >= 15 is 0 Å². The van der Waals surface area contributed by atoms with Gasteiger partial charge >= 0.3 is 6.03 Å². The second-order valence-electron chi connectivity index (χ2n) is 6.68. The molecule has 0 aromatic heterocycles.